The summed E-state index contributed by atoms with van der Waals surface area (Å²) in [5.41, 5.74) is 6.03. The summed E-state index contributed by atoms with van der Waals surface area (Å²) in [6, 6.07) is 2.17. The highest BCUT2D eigenvalue weighted by molar-refractivity contribution is 6.33. The van der Waals surface area contributed by atoms with E-state index in [1.165, 1.54) is 22.6 Å². The van der Waals surface area contributed by atoms with Crippen molar-refractivity contribution in [3.05, 3.63) is 40.5 Å². The first-order valence-corrected chi connectivity index (χ1v) is 6.50. The van der Waals surface area contributed by atoms with Gasteiger partial charge in [0, 0.05) is 29.2 Å². The summed E-state index contributed by atoms with van der Waals surface area (Å²) < 4.78 is 2.17. The number of aryl methyl sites for hydroxylation is 2. The second-order valence-electron chi connectivity index (χ2n) is 5.14. The number of allylic oxidation sites excluding steroid dienone is 2. The van der Waals surface area contributed by atoms with Crippen LogP contribution < -0.4 is 0 Å². The number of fused-ring (bicyclic) bond motifs is 2. The van der Waals surface area contributed by atoms with Gasteiger partial charge < -0.3 is 14.4 Å². The summed E-state index contributed by atoms with van der Waals surface area (Å²) in [5, 5.41) is 8.80. The monoisotopic (exact) mass is 255 g/mol. The second kappa shape index (κ2) is 4.33. The zero-order valence-corrected chi connectivity index (χ0v) is 11.2. The molecule has 0 aromatic carbocycles. The largest absolute Gasteiger partial charge is 0.481 e. The molecule has 2 aliphatic heterocycles. The summed E-state index contributed by atoms with van der Waals surface area (Å²) in [6.45, 7) is 4.20. The number of carboxylic acid groups (broad SMARTS) is 1. The van der Waals surface area contributed by atoms with E-state index in [-0.39, 0.29) is 6.42 Å². The number of hydrogen-bond donors (Lipinski definition) is 1. The highest BCUT2D eigenvalue weighted by Gasteiger charge is 2.28. The zero-order valence-electron chi connectivity index (χ0n) is 11.2. The molecule has 0 fully saturated rings. The second-order valence-corrected chi connectivity index (χ2v) is 5.14. The Morgan fingerprint density at radius 2 is 2.26 bits per heavy atom. The molecule has 1 aromatic heterocycles. The first kappa shape index (κ1) is 12.1. The van der Waals surface area contributed by atoms with E-state index in [2.05, 4.69) is 48.9 Å². The lowest BCUT2D eigenvalue weighted by molar-refractivity contribution is -0.137. The SMILES string of the molecule is Cc1cc(C)n2c1C=C1CC=C(CCC(=O)O)N1[B]2. The third-order valence-corrected chi connectivity index (χ3v) is 3.76. The molecule has 0 aliphatic carbocycles. The van der Waals surface area contributed by atoms with Gasteiger partial charge in [0.15, 0.2) is 0 Å². The molecule has 0 amide bonds. The molecule has 3 heterocycles. The number of carboxylic acids is 1. The summed E-state index contributed by atoms with van der Waals surface area (Å²) in [5.74, 6) is -0.746. The van der Waals surface area contributed by atoms with E-state index in [0.717, 1.165) is 12.1 Å². The standard InChI is InChI=1S/C14H16BN2O2/c1-9-7-10(2)16-13(9)8-12-4-3-11(17(12)15-16)5-6-14(18)19/h3,7-8H,4-6H2,1-2H3,(H,18,19). The third-order valence-electron chi connectivity index (χ3n) is 3.76. The third kappa shape index (κ3) is 1.99. The van der Waals surface area contributed by atoms with E-state index in [1.54, 1.807) is 0 Å². The van der Waals surface area contributed by atoms with Crippen LogP contribution in [0.15, 0.2) is 23.5 Å². The van der Waals surface area contributed by atoms with E-state index in [1.807, 2.05) is 0 Å². The number of aliphatic carboxylic acids is 1. The van der Waals surface area contributed by atoms with Gasteiger partial charge in [-0.25, -0.2) is 0 Å². The van der Waals surface area contributed by atoms with Crippen LogP contribution in [0.2, 0.25) is 0 Å². The minimum absolute atomic E-state index is 0.181. The Hall–Kier alpha value is -1.91. The Morgan fingerprint density at radius 3 is 3.00 bits per heavy atom. The lowest BCUT2D eigenvalue weighted by atomic mass is 9.98. The van der Waals surface area contributed by atoms with Crippen LogP contribution >= 0.6 is 0 Å². The van der Waals surface area contributed by atoms with Gasteiger partial charge in [-0.2, -0.15) is 0 Å². The summed E-state index contributed by atoms with van der Waals surface area (Å²) >= 11 is 0. The van der Waals surface area contributed by atoms with Crippen molar-refractivity contribution in [3.63, 3.8) is 0 Å². The molecule has 0 bridgehead atoms. The van der Waals surface area contributed by atoms with Crippen LogP contribution in [0.3, 0.4) is 0 Å². The smallest absolute Gasteiger partial charge is 0.400 e. The number of hydrogen-bond acceptors (Lipinski definition) is 2. The average Bonchev–Trinajstić information content (AvgIpc) is 2.87. The zero-order chi connectivity index (χ0) is 13.6. The van der Waals surface area contributed by atoms with E-state index < -0.39 is 5.97 Å². The Balaban J connectivity index is 1.86. The molecule has 4 nitrogen and oxygen atoms in total. The molecule has 5 heteroatoms. The van der Waals surface area contributed by atoms with Crippen molar-refractivity contribution in [2.24, 2.45) is 0 Å². The fourth-order valence-corrected chi connectivity index (χ4v) is 2.78. The molecule has 97 valence electrons. The van der Waals surface area contributed by atoms with E-state index in [4.69, 9.17) is 5.11 Å². The molecule has 0 saturated carbocycles. The summed E-state index contributed by atoms with van der Waals surface area (Å²) in [4.78, 5) is 12.8. The van der Waals surface area contributed by atoms with E-state index >= 15 is 0 Å². The summed E-state index contributed by atoms with van der Waals surface area (Å²) in [6.07, 6.45) is 5.97. The average molecular weight is 255 g/mol. The topological polar surface area (TPSA) is 45.5 Å². The maximum Gasteiger partial charge on any atom is 0.400 e. The van der Waals surface area contributed by atoms with Gasteiger partial charge >= 0.3 is 13.5 Å². The van der Waals surface area contributed by atoms with Crippen LogP contribution in [0, 0.1) is 13.8 Å². The number of nitrogens with zero attached hydrogens (tertiary/aromatic N) is 2. The molecule has 19 heavy (non-hydrogen) atoms. The van der Waals surface area contributed by atoms with Crippen molar-refractivity contribution in [2.45, 2.75) is 33.1 Å². The Morgan fingerprint density at radius 1 is 1.47 bits per heavy atom. The van der Waals surface area contributed by atoms with Crippen molar-refractivity contribution in [3.8, 4) is 0 Å². The lowest BCUT2D eigenvalue weighted by Crippen LogP contribution is -2.33. The number of rotatable bonds is 3. The van der Waals surface area contributed by atoms with Gasteiger partial charge in [-0.3, -0.25) is 4.79 Å². The van der Waals surface area contributed by atoms with Gasteiger partial charge in [-0.15, -0.1) is 0 Å². The normalized spacial score (nSPS) is 16.4. The molecule has 0 unspecified atom stereocenters. The molecule has 0 spiro atoms. The quantitative estimate of drug-likeness (QED) is 0.843. The fraction of sp³-hybridized carbons (Fsp3) is 0.357. The molecule has 2 aliphatic rings. The molecule has 3 rings (SSSR count). The molecular weight excluding hydrogens is 239 g/mol. The number of carbonyl (C=O) groups is 1. The van der Waals surface area contributed by atoms with Crippen LogP contribution in [0.4, 0.5) is 0 Å². The highest BCUT2D eigenvalue weighted by Crippen LogP contribution is 2.33. The van der Waals surface area contributed by atoms with Crippen molar-refractivity contribution in [1.82, 2.24) is 9.29 Å². The van der Waals surface area contributed by atoms with Crippen LogP contribution in [-0.4, -0.2) is 27.9 Å². The maximum atomic E-state index is 10.7. The van der Waals surface area contributed by atoms with Crippen LogP contribution in [-0.2, 0) is 4.79 Å². The van der Waals surface area contributed by atoms with Crippen LogP contribution in [0.5, 0.6) is 0 Å². The minimum Gasteiger partial charge on any atom is -0.481 e. The Bertz CT molecular complexity index is 613. The van der Waals surface area contributed by atoms with Crippen molar-refractivity contribution in [1.29, 1.82) is 0 Å². The first-order valence-electron chi connectivity index (χ1n) is 6.50. The molecule has 1 N–H and O–H groups in total. The fourth-order valence-electron chi connectivity index (χ4n) is 2.78. The minimum atomic E-state index is -0.746. The Labute approximate surface area is 113 Å². The van der Waals surface area contributed by atoms with Gasteiger partial charge in [-0.1, -0.05) is 6.08 Å². The summed E-state index contributed by atoms with van der Waals surface area (Å²) in [7, 11) is 2.08. The molecule has 0 saturated heterocycles. The van der Waals surface area contributed by atoms with Crippen LogP contribution in [0.1, 0.15) is 36.2 Å². The maximum absolute atomic E-state index is 10.7. The van der Waals surface area contributed by atoms with Gasteiger partial charge in [0.05, 0.1) is 6.42 Å². The Kier molecular flexibility index (Phi) is 2.77. The first-order chi connectivity index (χ1) is 9.06. The van der Waals surface area contributed by atoms with Gasteiger partial charge in [0.2, 0.25) is 0 Å². The van der Waals surface area contributed by atoms with E-state index in [0.29, 0.717) is 6.42 Å². The van der Waals surface area contributed by atoms with Crippen LogP contribution in [0.25, 0.3) is 6.08 Å². The van der Waals surface area contributed by atoms with Gasteiger partial charge in [-0.05, 0) is 38.0 Å². The predicted octanol–water partition coefficient (Wildman–Crippen LogP) is 2.30. The molecule has 0 atom stereocenters. The van der Waals surface area contributed by atoms with Gasteiger partial charge in [0.25, 0.3) is 0 Å². The van der Waals surface area contributed by atoms with Crippen molar-refractivity contribution < 1.29 is 9.90 Å². The molecular formula is C14H16BN2O2. The number of aromatic nitrogens is 1. The van der Waals surface area contributed by atoms with Gasteiger partial charge in [0.1, 0.15) is 0 Å². The van der Waals surface area contributed by atoms with Crippen molar-refractivity contribution in [2.75, 3.05) is 0 Å². The lowest BCUT2D eigenvalue weighted by Gasteiger charge is -2.29. The van der Waals surface area contributed by atoms with E-state index in [9.17, 15) is 4.79 Å². The molecule has 1 radical (unpaired) electrons. The highest BCUT2D eigenvalue weighted by atomic mass is 16.4. The molecule has 1 aromatic rings. The predicted molar refractivity (Wildman–Crippen MR) is 74.4 cm³/mol. The van der Waals surface area contributed by atoms with Crippen molar-refractivity contribution >= 4 is 19.6 Å².